The van der Waals surface area contributed by atoms with E-state index in [2.05, 4.69) is 15.6 Å². The van der Waals surface area contributed by atoms with Crippen molar-refractivity contribution in [1.29, 1.82) is 0 Å². The first-order valence-electron chi connectivity index (χ1n) is 7.56. The largest absolute Gasteiger partial charge is 0.495 e. The summed E-state index contributed by atoms with van der Waals surface area (Å²) in [4.78, 5) is 15.6. The number of guanidine groups is 1. The molecule has 6 nitrogen and oxygen atoms in total. The van der Waals surface area contributed by atoms with Crippen LogP contribution in [0.1, 0.15) is 18.1 Å². The fraction of sp³-hybridized carbons (Fsp3) is 0.222. The number of aliphatic imine (C=N–C) groups is 1. The molecule has 0 saturated heterocycles. The molecule has 0 unspecified atom stereocenters. The second-order valence-corrected chi connectivity index (χ2v) is 5.41. The Morgan fingerprint density at radius 2 is 1.96 bits per heavy atom. The molecule has 0 atom stereocenters. The summed E-state index contributed by atoms with van der Waals surface area (Å²) in [6, 6.07) is 13.4. The van der Waals surface area contributed by atoms with Crippen LogP contribution < -0.4 is 21.1 Å². The van der Waals surface area contributed by atoms with Gasteiger partial charge in [0.2, 0.25) is 5.91 Å². The van der Waals surface area contributed by atoms with Crippen LogP contribution in [0.25, 0.3) is 0 Å². The number of rotatable bonds is 5. The molecule has 4 N–H and O–H groups in total. The number of methoxy groups -OCH3 is 1. The average Bonchev–Trinajstić information content (AvgIpc) is 2.52. The molecule has 0 bridgehead atoms. The zero-order chi connectivity index (χ0) is 17.5. The van der Waals surface area contributed by atoms with Gasteiger partial charge < -0.3 is 21.1 Å². The first-order valence-corrected chi connectivity index (χ1v) is 7.56. The van der Waals surface area contributed by atoms with Gasteiger partial charge in [0.1, 0.15) is 5.75 Å². The number of carbonyl (C=O) groups is 1. The number of hydrogen-bond acceptors (Lipinski definition) is 3. The Balaban J connectivity index is 0.00000312. The highest BCUT2D eigenvalue weighted by Crippen LogP contribution is 2.25. The highest BCUT2D eigenvalue weighted by Gasteiger charge is 2.06. The number of benzene rings is 2. The molecule has 0 spiro atoms. The molecule has 2 aromatic rings. The van der Waals surface area contributed by atoms with Crippen LogP contribution >= 0.6 is 24.0 Å². The Morgan fingerprint density at radius 1 is 1.20 bits per heavy atom. The lowest BCUT2D eigenvalue weighted by molar-refractivity contribution is -0.114. The van der Waals surface area contributed by atoms with Crippen molar-refractivity contribution in [3.8, 4) is 5.75 Å². The SMILES string of the molecule is COc1ccc(CN=C(N)Nc2cccc(C)c2)cc1NC(C)=O.I. The van der Waals surface area contributed by atoms with E-state index >= 15 is 0 Å². The van der Waals surface area contributed by atoms with Crippen LogP contribution in [-0.2, 0) is 11.3 Å². The maximum Gasteiger partial charge on any atom is 0.221 e. The van der Waals surface area contributed by atoms with Gasteiger partial charge in [0.25, 0.3) is 0 Å². The number of carbonyl (C=O) groups excluding carboxylic acids is 1. The van der Waals surface area contributed by atoms with Crippen molar-refractivity contribution in [2.24, 2.45) is 10.7 Å². The van der Waals surface area contributed by atoms with Crippen LogP contribution in [0, 0.1) is 6.92 Å². The second-order valence-electron chi connectivity index (χ2n) is 5.41. The quantitative estimate of drug-likeness (QED) is 0.367. The molecule has 0 heterocycles. The highest BCUT2D eigenvalue weighted by molar-refractivity contribution is 14.0. The van der Waals surface area contributed by atoms with Gasteiger partial charge in [0, 0.05) is 12.6 Å². The lowest BCUT2D eigenvalue weighted by Gasteiger charge is -2.11. The molecule has 2 rings (SSSR count). The second kappa shape index (κ2) is 9.87. The summed E-state index contributed by atoms with van der Waals surface area (Å²) in [5.41, 5.74) is 9.48. The number of aryl methyl sites for hydroxylation is 1. The molecule has 0 saturated carbocycles. The van der Waals surface area contributed by atoms with Crippen molar-refractivity contribution in [1.82, 2.24) is 0 Å². The van der Waals surface area contributed by atoms with Crippen LogP contribution in [0.4, 0.5) is 11.4 Å². The lowest BCUT2D eigenvalue weighted by atomic mass is 10.2. The van der Waals surface area contributed by atoms with Crippen molar-refractivity contribution in [3.63, 3.8) is 0 Å². The van der Waals surface area contributed by atoms with E-state index in [1.165, 1.54) is 6.92 Å². The van der Waals surface area contributed by atoms with Gasteiger partial charge in [-0.05, 0) is 42.3 Å². The first kappa shape index (κ1) is 20.8. The minimum atomic E-state index is -0.158. The number of amides is 1. The third kappa shape index (κ3) is 6.61. The molecular formula is C18H23IN4O2. The molecule has 0 fully saturated rings. The topological polar surface area (TPSA) is 88.7 Å². The van der Waals surface area contributed by atoms with Crippen LogP contribution in [0.5, 0.6) is 5.75 Å². The zero-order valence-electron chi connectivity index (χ0n) is 14.5. The molecular weight excluding hydrogens is 431 g/mol. The number of nitrogens with two attached hydrogens (primary N) is 1. The van der Waals surface area contributed by atoms with E-state index < -0.39 is 0 Å². The molecule has 0 aromatic heterocycles. The van der Waals surface area contributed by atoms with Gasteiger partial charge in [-0.15, -0.1) is 24.0 Å². The minimum Gasteiger partial charge on any atom is -0.495 e. The van der Waals surface area contributed by atoms with Crippen molar-refractivity contribution in [3.05, 3.63) is 53.6 Å². The van der Waals surface area contributed by atoms with Gasteiger partial charge in [-0.1, -0.05) is 18.2 Å². The Bertz CT molecular complexity index is 762. The molecule has 134 valence electrons. The summed E-state index contributed by atoms with van der Waals surface area (Å²) >= 11 is 0. The van der Waals surface area contributed by atoms with Crippen molar-refractivity contribution in [2.75, 3.05) is 17.7 Å². The third-order valence-corrected chi connectivity index (χ3v) is 3.30. The zero-order valence-corrected chi connectivity index (χ0v) is 16.8. The molecule has 0 aliphatic carbocycles. The summed E-state index contributed by atoms with van der Waals surface area (Å²) < 4.78 is 5.23. The Kier molecular flexibility index (Phi) is 8.20. The van der Waals surface area contributed by atoms with Crippen LogP contribution in [0.15, 0.2) is 47.5 Å². The van der Waals surface area contributed by atoms with E-state index in [1.54, 1.807) is 13.2 Å². The van der Waals surface area contributed by atoms with E-state index in [0.717, 1.165) is 16.8 Å². The number of anilines is 2. The van der Waals surface area contributed by atoms with Crippen molar-refractivity contribution in [2.45, 2.75) is 20.4 Å². The molecule has 1 amide bonds. The van der Waals surface area contributed by atoms with Gasteiger partial charge in [0.15, 0.2) is 5.96 Å². The van der Waals surface area contributed by atoms with Crippen LogP contribution in [0.2, 0.25) is 0 Å². The molecule has 7 heteroatoms. The monoisotopic (exact) mass is 454 g/mol. The number of hydrogen-bond donors (Lipinski definition) is 3. The van der Waals surface area contributed by atoms with Crippen LogP contribution in [-0.4, -0.2) is 19.0 Å². The summed E-state index contributed by atoms with van der Waals surface area (Å²) in [6.07, 6.45) is 0. The van der Waals surface area contributed by atoms with Gasteiger partial charge in [-0.25, -0.2) is 4.99 Å². The smallest absolute Gasteiger partial charge is 0.221 e. The van der Waals surface area contributed by atoms with E-state index in [9.17, 15) is 4.79 Å². The molecule has 0 radical (unpaired) electrons. The number of nitrogens with zero attached hydrogens (tertiary/aromatic N) is 1. The number of halogens is 1. The van der Waals surface area contributed by atoms with Crippen molar-refractivity contribution >= 4 is 47.2 Å². The molecule has 0 aliphatic rings. The molecule has 25 heavy (non-hydrogen) atoms. The van der Waals surface area contributed by atoms with Gasteiger partial charge in [0.05, 0.1) is 19.3 Å². The fourth-order valence-corrected chi connectivity index (χ4v) is 2.23. The Labute approximate surface area is 164 Å². The maximum atomic E-state index is 11.3. The Morgan fingerprint density at radius 3 is 2.60 bits per heavy atom. The summed E-state index contributed by atoms with van der Waals surface area (Å²) in [7, 11) is 1.56. The third-order valence-electron chi connectivity index (χ3n) is 3.30. The highest BCUT2D eigenvalue weighted by atomic mass is 127. The van der Waals surface area contributed by atoms with Gasteiger partial charge in [-0.3, -0.25) is 4.79 Å². The number of ether oxygens (including phenoxy) is 1. The van der Waals surface area contributed by atoms with E-state index in [4.69, 9.17) is 10.5 Å². The summed E-state index contributed by atoms with van der Waals surface area (Å²) in [5.74, 6) is 0.774. The van der Waals surface area contributed by atoms with Crippen LogP contribution in [0.3, 0.4) is 0 Å². The van der Waals surface area contributed by atoms with E-state index in [1.807, 2.05) is 43.3 Å². The predicted octanol–water partition coefficient (Wildman–Crippen LogP) is 3.51. The predicted molar refractivity (Wildman–Crippen MR) is 113 cm³/mol. The first-order chi connectivity index (χ1) is 11.5. The molecule has 2 aromatic carbocycles. The normalized spacial score (nSPS) is 10.6. The average molecular weight is 454 g/mol. The van der Waals surface area contributed by atoms with E-state index in [-0.39, 0.29) is 29.9 Å². The maximum absolute atomic E-state index is 11.3. The molecule has 0 aliphatic heterocycles. The number of nitrogens with one attached hydrogen (secondary N) is 2. The minimum absolute atomic E-state index is 0. The van der Waals surface area contributed by atoms with Crippen molar-refractivity contribution < 1.29 is 9.53 Å². The van der Waals surface area contributed by atoms with E-state index in [0.29, 0.717) is 23.9 Å². The summed E-state index contributed by atoms with van der Waals surface area (Å²) in [6.45, 7) is 3.86. The van der Waals surface area contributed by atoms with Gasteiger partial charge >= 0.3 is 0 Å². The lowest BCUT2D eigenvalue weighted by Crippen LogP contribution is -2.22. The standard InChI is InChI=1S/C18H22N4O2.HI/c1-12-5-4-6-15(9-12)22-18(19)20-11-14-7-8-17(24-3)16(10-14)21-13(2)23;/h4-10H,11H2,1-3H3,(H,21,23)(H3,19,20,22);1H. The summed E-state index contributed by atoms with van der Waals surface area (Å²) in [5, 5.41) is 5.79. The fourth-order valence-electron chi connectivity index (χ4n) is 2.23. The van der Waals surface area contributed by atoms with Gasteiger partial charge in [-0.2, -0.15) is 0 Å². The Hall–Kier alpha value is -2.29.